The molecule has 0 aromatic heterocycles. The van der Waals surface area contributed by atoms with Gasteiger partial charge in [0.15, 0.2) is 5.12 Å². The molecule has 0 atom stereocenters. The maximum Gasteiger partial charge on any atom is 0.190 e. The molecule has 0 unspecified atom stereocenters. The Morgan fingerprint density at radius 1 is 1.08 bits per heavy atom. The third-order valence-corrected chi connectivity index (χ3v) is 5.50. The molecule has 0 bridgehead atoms. The lowest BCUT2D eigenvalue weighted by molar-refractivity contribution is -0.110. The first-order valence-corrected chi connectivity index (χ1v) is 6.60. The van der Waals surface area contributed by atoms with E-state index >= 15 is 0 Å². The first-order chi connectivity index (χ1) is 5.65. The van der Waals surface area contributed by atoms with Crippen molar-refractivity contribution in [2.24, 2.45) is 0 Å². The van der Waals surface area contributed by atoms with Gasteiger partial charge in [-0.05, 0) is 12.8 Å². The highest BCUT2D eigenvalue weighted by molar-refractivity contribution is 8.40. The largest absolute Gasteiger partial charge is 0.345 e. The molecule has 1 aliphatic heterocycles. The van der Waals surface area contributed by atoms with E-state index in [1.165, 1.54) is 26.2 Å². The smallest absolute Gasteiger partial charge is 0.190 e. The monoisotopic (exact) mass is 190 g/mol. The van der Waals surface area contributed by atoms with Gasteiger partial charge in [0.1, 0.15) is 0 Å². The van der Waals surface area contributed by atoms with E-state index in [1.54, 1.807) is 0 Å². The molecule has 0 aromatic rings. The molecule has 1 N–H and O–H groups in total. The zero-order chi connectivity index (χ0) is 9.03. The lowest BCUT2D eigenvalue weighted by Crippen LogP contribution is -2.17. The third kappa shape index (κ3) is 2.49. The van der Waals surface area contributed by atoms with E-state index in [9.17, 15) is 9.35 Å². The minimum atomic E-state index is -1.86. The molecule has 0 radical (unpaired) electrons. The summed E-state index contributed by atoms with van der Waals surface area (Å²) in [5.74, 6) is 1.50. The Kier molecular flexibility index (Phi) is 3.59. The van der Waals surface area contributed by atoms with E-state index in [2.05, 4.69) is 0 Å². The molecule has 2 nitrogen and oxygen atoms in total. The summed E-state index contributed by atoms with van der Waals surface area (Å²) in [7, 11) is -1.86. The van der Waals surface area contributed by atoms with Crippen LogP contribution in [0.2, 0.25) is 0 Å². The van der Waals surface area contributed by atoms with Gasteiger partial charge in [0.25, 0.3) is 0 Å². The Morgan fingerprint density at radius 2 is 1.50 bits per heavy atom. The van der Waals surface area contributed by atoms with Crippen LogP contribution in [0.4, 0.5) is 0 Å². The average Bonchev–Trinajstić information content (AvgIpc) is 1.97. The van der Waals surface area contributed by atoms with Gasteiger partial charge >= 0.3 is 0 Å². The minimum Gasteiger partial charge on any atom is -0.345 e. The molecule has 0 saturated carbocycles. The second-order valence-corrected chi connectivity index (χ2v) is 6.59. The molecule has 72 valence electrons. The van der Waals surface area contributed by atoms with E-state index in [4.69, 9.17) is 0 Å². The van der Waals surface area contributed by atoms with Crippen LogP contribution in [0.1, 0.15) is 39.0 Å². The standard InChI is InChI=1S/C9H18O2S/c1-9(10)12(11)7-5-3-2-4-6-8-12/h11H,2-8H2,1H3. The van der Waals surface area contributed by atoms with Crippen LogP contribution in [-0.4, -0.2) is 21.2 Å². The second kappa shape index (κ2) is 4.28. The molecule has 1 heterocycles. The number of hydrogen-bond acceptors (Lipinski definition) is 2. The van der Waals surface area contributed by atoms with Crippen LogP contribution in [0, 0.1) is 0 Å². The lowest BCUT2D eigenvalue weighted by Gasteiger charge is -2.32. The van der Waals surface area contributed by atoms with Crippen molar-refractivity contribution in [1.29, 1.82) is 0 Å². The fourth-order valence-electron chi connectivity index (χ4n) is 1.60. The van der Waals surface area contributed by atoms with Crippen molar-refractivity contribution >= 4 is 15.4 Å². The first-order valence-electron chi connectivity index (χ1n) is 4.67. The van der Waals surface area contributed by atoms with Gasteiger partial charge in [0, 0.05) is 18.4 Å². The molecule has 1 fully saturated rings. The van der Waals surface area contributed by atoms with Crippen molar-refractivity contribution in [3.63, 3.8) is 0 Å². The van der Waals surface area contributed by atoms with Gasteiger partial charge in [-0.2, -0.15) is 0 Å². The summed E-state index contributed by atoms with van der Waals surface area (Å²) in [6.45, 7) is 1.54. The quantitative estimate of drug-likeness (QED) is 0.637. The van der Waals surface area contributed by atoms with Crippen LogP contribution in [-0.2, 0) is 4.79 Å². The zero-order valence-corrected chi connectivity index (χ0v) is 8.53. The summed E-state index contributed by atoms with van der Waals surface area (Å²) in [5, 5.41) is 0.0319. The second-order valence-electron chi connectivity index (χ2n) is 3.51. The van der Waals surface area contributed by atoms with Gasteiger partial charge < -0.3 is 4.55 Å². The van der Waals surface area contributed by atoms with Gasteiger partial charge in [0.05, 0.1) is 0 Å². The molecule has 0 amide bonds. The maximum atomic E-state index is 11.2. The Hall–Kier alpha value is -0.0200. The van der Waals surface area contributed by atoms with Gasteiger partial charge in [-0.3, -0.25) is 4.79 Å². The first kappa shape index (κ1) is 10.1. The molecule has 0 aromatic carbocycles. The maximum absolute atomic E-state index is 11.2. The number of hydrogen-bond donors (Lipinski definition) is 1. The SMILES string of the molecule is CC(=O)S1(O)CCCCCCC1. The Morgan fingerprint density at radius 3 is 1.92 bits per heavy atom. The summed E-state index contributed by atoms with van der Waals surface area (Å²) in [5.41, 5.74) is 0. The van der Waals surface area contributed by atoms with Crippen LogP contribution >= 0.6 is 10.3 Å². The minimum absolute atomic E-state index is 0.0319. The highest BCUT2D eigenvalue weighted by Crippen LogP contribution is 2.47. The van der Waals surface area contributed by atoms with Crippen molar-refractivity contribution in [2.75, 3.05) is 11.5 Å². The molecule has 3 heteroatoms. The summed E-state index contributed by atoms with van der Waals surface area (Å²) in [6, 6.07) is 0. The van der Waals surface area contributed by atoms with E-state index < -0.39 is 10.3 Å². The van der Waals surface area contributed by atoms with E-state index in [-0.39, 0.29) is 5.12 Å². The van der Waals surface area contributed by atoms with Gasteiger partial charge in [-0.1, -0.05) is 29.6 Å². The zero-order valence-electron chi connectivity index (χ0n) is 7.71. The van der Waals surface area contributed by atoms with Crippen LogP contribution in [0.5, 0.6) is 0 Å². The number of carbonyl (C=O) groups is 1. The summed E-state index contributed by atoms with van der Waals surface area (Å²) in [6.07, 6.45) is 5.70. The fraction of sp³-hybridized carbons (Fsp3) is 0.889. The van der Waals surface area contributed by atoms with Crippen molar-refractivity contribution in [3.8, 4) is 0 Å². The van der Waals surface area contributed by atoms with Crippen molar-refractivity contribution in [3.05, 3.63) is 0 Å². The molecular weight excluding hydrogens is 172 g/mol. The molecule has 0 aliphatic carbocycles. The van der Waals surface area contributed by atoms with Crippen LogP contribution in [0.3, 0.4) is 0 Å². The molecule has 12 heavy (non-hydrogen) atoms. The molecular formula is C9H18O2S. The van der Waals surface area contributed by atoms with Crippen molar-refractivity contribution in [1.82, 2.24) is 0 Å². The molecule has 0 spiro atoms. The van der Waals surface area contributed by atoms with Crippen molar-refractivity contribution < 1.29 is 9.35 Å². The Balaban J connectivity index is 2.54. The summed E-state index contributed by atoms with van der Waals surface area (Å²) >= 11 is 0. The average molecular weight is 190 g/mol. The van der Waals surface area contributed by atoms with Crippen LogP contribution < -0.4 is 0 Å². The third-order valence-electron chi connectivity index (χ3n) is 2.50. The molecule has 1 rings (SSSR count). The van der Waals surface area contributed by atoms with E-state index in [1.807, 2.05) is 0 Å². The fourth-order valence-corrected chi connectivity index (χ4v) is 3.74. The normalized spacial score (nSPS) is 26.8. The predicted octanol–water partition coefficient (Wildman–Crippen LogP) is 2.77. The van der Waals surface area contributed by atoms with Crippen LogP contribution in [0.25, 0.3) is 0 Å². The Bertz CT molecular complexity index is 160. The highest BCUT2D eigenvalue weighted by Gasteiger charge is 2.26. The molecule has 1 saturated heterocycles. The van der Waals surface area contributed by atoms with Crippen molar-refractivity contribution in [2.45, 2.75) is 39.0 Å². The number of carbonyl (C=O) groups excluding carboxylic acids is 1. The van der Waals surface area contributed by atoms with Gasteiger partial charge in [-0.15, -0.1) is 0 Å². The summed E-state index contributed by atoms with van der Waals surface area (Å²) < 4.78 is 9.99. The summed E-state index contributed by atoms with van der Waals surface area (Å²) in [4.78, 5) is 11.2. The number of rotatable bonds is 0. The van der Waals surface area contributed by atoms with E-state index in [0.29, 0.717) is 0 Å². The van der Waals surface area contributed by atoms with Gasteiger partial charge in [0.2, 0.25) is 0 Å². The van der Waals surface area contributed by atoms with Gasteiger partial charge in [-0.25, -0.2) is 0 Å². The van der Waals surface area contributed by atoms with Crippen LogP contribution in [0.15, 0.2) is 0 Å². The Labute approximate surface area is 75.9 Å². The molecule has 1 aliphatic rings. The lowest BCUT2D eigenvalue weighted by atomic mass is 10.2. The topological polar surface area (TPSA) is 37.3 Å². The highest BCUT2D eigenvalue weighted by atomic mass is 32.3. The predicted molar refractivity (Wildman–Crippen MR) is 53.7 cm³/mol. The van der Waals surface area contributed by atoms with E-state index in [0.717, 1.165) is 24.3 Å².